The van der Waals surface area contributed by atoms with Crippen LogP contribution in [0.3, 0.4) is 0 Å². The Morgan fingerprint density at radius 3 is 2.29 bits per heavy atom. The van der Waals surface area contributed by atoms with Crippen LogP contribution >= 0.6 is 0 Å². The third kappa shape index (κ3) is 11.7. The van der Waals surface area contributed by atoms with E-state index in [0.717, 1.165) is 43.6 Å². The third-order valence-electron chi connectivity index (χ3n) is 12.3. The van der Waals surface area contributed by atoms with Crippen LogP contribution in [0.5, 0.6) is 11.5 Å². The van der Waals surface area contributed by atoms with Gasteiger partial charge in [0.05, 0.1) is 18.2 Å². The first-order valence-corrected chi connectivity index (χ1v) is 22.3. The van der Waals surface area contributed by atoms with E-state index in [9.17, 15) is 29.4 Å². The molecule has 2 fully saturated rings. The third-order valence-corrected chi connectivity index (χ3v) is 12.3. The first kappa shape index (κ1) is 44.8. The van der Waals surface area contributed by atoms with Crippen molar-refractivity contribution in [2.45, 2.75) is 50.4 Å². The highest BCUT2D eigenvalue weighted by Crippen LogP contribution is 2.31. The van der Waals surface area contributed by atoms with Gasteiger partial charge in [0.25, 0.3) is 11.8 Å². The summed E-state index contributed by atoms with van der Waals surface area (Å²) in [7, 11) is 0. The Morgan fingerprint density at radius 1 is 0.785 bits per heavy atom. The molecular formula is C52H55N5O8. The first-order chi connectivity index (χ1) is 31.7. The summed E-state index contributed by atoms with van der Waals surface area (Å²) in [5, 5.41) is 27.8. The number of benzene rings is 5. The second-order valence-electron chi connectivity index (χ2n) is 17.0. The number of rotatable bonds is 17. The van der Waals surface area contributed by atoms with Gasteiger partial charge in [0, 0.05) is 55.8 Å². The lowest BCUT2D eigenvalue weighted by Gasteiger charge is -2.32. The van der Waals surface area contributed by atoms with Crippen LogP contribution in [0.4, 0.5) is 0 Å². The smallest absolute Gasteiger partial charge is 0.317 e. The lowest BCUT2D eigenvalue weighted by atomic mass is 9.91. The number of phenolic OH excluding ortho intramolecular Hbond substituents is 1. The fourth-order valence-corrected chi connectivity index (χ4v) is 8.77. The monoisotopic (exact) mass is 877 g/mol. The molecule has 2 amide bonds. The van der Waals surface area contributed by atoms with E-state index in [4.69, 9.17) is 9.47 Å². The predicted octanol–water partition coefficient (Wildman–Crippen LogP) is 6.05. The van der Waals surface area contributed by atoms with Gasteiger partial charge in [-0.2, -0.15) is 0 Å². The van der Waals surface area contributed by atoms with Crippen LogP contribution in [0.2, 0.25) is 0 Å². The number of nitrogens with zero attached hydrogens (tertiary/aromatic N) is 2. The summed E-state index contributed by atoms with van der Waals surface area (Å²) < 4.78 is 12.0. The molecule has 2 aliphatic rings. The van der Waals surface area contributed by atoms with E-state index < -0.39 is 12.0 Å². The van der Waals surface area contributed by atoms with Crippen molar-refractivity contribution in [3.05, 3.63) is 177 Å². The summed E-state index contributed by atoms with van der Waals surface area (Å²) in [6.45, 7) is 4.52. The molecule has 0 radical (unpaired) electrons. The summed E-state index contributed by atoms with van der Waals surface area (Å²) >= 11 is 0. The van der Waals surface area contributed by atoms with Crippen molar-refractivity contribution < 1.29 is 34.1 Å². The number of aromatic hydroxyl groups is 1. The van der Waals surface area contributed by atoms with Gasteiger partial charge in [-0.05, 0) is 102 Å². The highest BCUT2D eigenvalue weighted by atomic mass is 16.5. The molecule has 5 aromatic carbocycles. The highest BCUT2D eigenvalue weighted by molar-refractivity contribution is 5.94. The quantitative estimate of drug-likeness (QED) is 0.0679. The van der Waals surface area contributed by atoms with E-state index in [1.54, 1.807) is 41.3 Å². The van der Waals surface area contributed by atoms with Crippen molar-refractivity contribution in [1.82, 2.24) is 25.4 Å². The number of fused-ring (bicyclic) bond motifs is 1. The van der Waals surface area contributed by atoms with E-state index in [2.05, 4.69) is 44.8 Å². The summed E-state index contributed by atoms with van der Waals surface area (Å²) in [5.74, 6) is -0.721. The van der Waals surface area contributed by atoms with E-state index in [-0.39, 0.29) is 53.8 Å². The number of carbonyl (C=O) groups excluding carboxylic acids is 3. The largest absolute Gasteiger partial charge is 0.506 e. The Morgan fingerprint density at radius 2 is 1.52 bits per heavy atom. The fraction of sp³-hybridized carbons (Fsp3) is 0.308. The number of nitrogens with one attached hydrogen (secondary N) is 3. The molecule has 0 spiro atoms. The second-order valence-corrected chi connectivity index (χ2v) is 17.0. The summed E-state index contributed by atoms with van der Waals surface area (Å²) in [6, 6.07) is 40.3. The van der Waals surface area contributed by atoms with Crippen molar-refractivity contribution in [2.75, 3.05) is 45.9 Å². The second kappa shape index (κ2) is 21.3. The summed E-state index contributed by atoms with van der Waals surface area (Å²) in [5.41, 5.74) is 4.79. The summed E-state index contributed by atoms with van der Waals surface area (Å²) in [4.78, 5) is 58.8. The molecule has 6 aromatic rings. The summed E-state index contributed by atoms with van der Waals surface area (Å²) in [6.07, 6.45) is 1.65. The van der Waals surface area contributed by atoms with Gasteiger partial charge in [0.15, 0.2) is 6.61 Å². The first-order valence-electron chi connectivity index (χ1n) is 22.3. The van der Waals surface area contributed by atoms with Gasteiger partial charge in [-0.15, -0.1) is 0 Å². The number of phenols is 1. The molecule has 0 saturated carbocycles. The van der Waals surface area contributed by atoms with Crippen LogP contribution < -0.4 is 20.9 Å². The topological polar surface area (TPSA) is 174 Å². The van der Waals surface area contributed by atoms with Gasteiger partial charge in [-0.1, -0.05) is 91.0 Å². The Bertz CT molecular complexity index is 2610. The minimum Gasteiger partial charge on any atom is -0.506 e. The van der Waals surface area contributed by atoms with Gasteiger partial charge < -0.3 is 40.2 Å². The number of amides is 2. The molecule has 2 aliphatic heterocycles. The van der Waals surface area contributed by atoms with Crippen LogP contribution in [0.25, 0.3) is 10.9 Å². The maximum absolute atomic E-state index is 13.8. The van der Waals surface area contributed by atoms with Crippen LogP contribution in [-0.2, 0) is 27.4 Å². The van der Waals surface area contributed by atoms with Gasteiger partial charge in [0.1, 0.15) is 17.4 Å². The van der Waals surface area contributed by atoms with Crippen molar-refractivity contribution in [2.24, 2.45) is 5.92 Å². The van der Waals surface area contributed by atoms with Crippen molar-refractivity contribution in [1.29, 1.82) is 0 Å². The van der Waals surface area contributed by atoms with E-state index in [1.165, 1.54) is 17.7 Å². The molecular weight excluding hydrogens is 823 g/mol. The number of aliphatic hydroxyl groups excluding tert-OH is 1. The molecule has 13 heteroatoms. The van der Waals surface area contributed by atoms with Crippen LogP contribution in [0.1, 0.15) is 69.5 Å². The standard InChI is InChI=1S/C52H55N5O8/c58-45-20-18-43(44-19-21-47(60)55-50(44)45)46(59)30-53-29-35-14-16-39(17-15-35)51(62)57-27-24-41(32-57)54-48(61)34-64-42-13-7-12-40(28-42)49(38-10-5-2-6-11-38)52(63)65-33-37-22-25-56(26-23-37)31-36-8-3-1-4-9-36/h1-21,28,37,41,46,49,53,58-59H,22-27,29-34H2,(H,54,61)(H,55,60)/t41-,46-,49?/m0/s1. The average Bonchev–Trinajstić information content (AvgIpc) is 3.80. The molecule has 3 atom stereocenters. The Balaban J connectivity index is 0.780. The number of ether oxygens (including phenoxy) is 2. The maximum atomic E-state index is 13.8. The molecule has 65 heavy (non-hydrogen) atoms. The fourth-order valence-electron chi connectivity index (χ4n) is 8.77. The number of likely N-dealkylation sites (tertiary alicyclic amines) is 2. The van der Waals surface area contributed by atoms with E-state index in [1.807, 2.05) is 60.7 Å². The van der Waals surface area contributed by atoms with E-state index >= 15 is 0 Å². The molecule has 5 N–H and O–H groups in total. The zero-order valence-corrected chi connectivity index (χ0v) is 36.2. The lowest BCUT2D eigenvalue weighted by molar-refractivity contribution is -0.146. The number of H-pyrrole nitrogens is 1. The zero-order valence-electron chi connectivity index (χ0n) is 36.2. The molecule has 3 heterocycles. The molecule has 336 valence electrons. The number of hydrogen-bond donors (Lipinski definition) is 5. The van der Waals surface area contributed by atoms with Crippen molar-refractivity contribution in [3.8, 4) is 11.5 Å². The molecule has 0 aliphatic carbocycles. The number of esters is 1. The molecule has 13 nitrogen and oxygen atoms in total. The Hall–Kier alpha value is -6.80. The average molecular weight is 878 g/mol. The number of carbonyl (C=O) groups is 3. The van der Waals surface area contributed by atoms with Crippen LogP contribution in [0.15, 0.2) is 138 Å². The molecule has 1 unspecified atom stereocenters. The van der Waals surface area contributed by atoms with Crippen LogP contribution in [-0.4, -0.2) is 94.8 Å². The molecule has 0 bridgehead atoms. The minimum atomic E-state index is -0.892. The molecule has 8 rings (SSSR count). The number of aliphatic hydroxyl groups is 1. The predicted molar refractivity (Wildman–Crippen MR) is 247 cm³/mol. The molecule has 1 aromatic heterocycles. The van der Waals surface area contributed by atoms with Crippen LogP contribution in [0, 0.1) is 5.92 Å². The number of aromatic nitrogens is 1. The Labute approximate surface area is 378 Å². The van der Waals surface area contributed by atoms with Crippen molar-refractivity contribution >= 4 is 28.7 Å². The van der Waals surface area contributed by atoms with E-state index in [0.29, 0.717) is 66.4 Å². The zero-order chi connectivity index (χ0) is 45.1. The van der Waals surface area contributed by atoms with Gasteiger partial charge in [0.2, 0.25) is 5.56 Å². The highest BCUT2D eigenvalue weighted by Gasteiger charge is 2.30. The van der Waals surface area contributed by atoms with Gasteiger partial charge in [-0.25, -0.2) is 0 Å². The number of aromatic amines is 1. The minimum absolute atomic E-state index is 0.0684. The lowest BCUT2D eigenvalue weighted by Crippen LogP contribution is -2.40. The Kier molecular flexibility index (Phi) is 14.6. The van der Waals surface area contributed by atoms with Crippen molar-refractivity contribution in [3.63, 3.8) is 0 Å². The number of hydrogen-bond acceptors (Lipinski definition) is 10. The number of piperidine rings is 1. The normalized spacial score (nSPS) is 16.5. The molecule has 2 saturated heterocycles. The van der Waals surface area contributed by atoms with Gasteiger partial charge >= 0.3 is 5.97 Å². The number of pyridine rings is 1. The van der Waals surface area contributed by atoms with Gasteiger partial charge in [-0.3, -0.25) is 24.1 Å². The SMILES string of the molecule is O=C(COc1cccc(C(C(=O)OCC2CCN(Cc3ccccc3)CC2)c2ccccc2)c1)N[C@H]1CCN(C(=O)c2ccc(CNC[C@H](O)c3ccc(O)c4[nH]c(=O)ccc34)cc2)C1. The maximum Gasteiger partial charge on any atom is 0.317 e.